The molecule has 0 aromatic heterocycles. The van der Waals surface area contributed by atoms with E-state index >= 15 is 0 Å². The third-order valence-electron chi connectivity index (χ3n) is 3.76. The first-order chi connectivity index (χ1) is 11.3. The number of halogens is 1. The van der Waals surface area contributed by atoms with Crippen LogP contribution in [-0.2, 0) is 19.5 Å². The van der Waals surface area contributed by atoms with Gasteiger partial charge in [-0.25, -0.2) is 17.6 Å². The summed E-state index contributed by atoms with van der Waals surface area (Å²) in [5, 5.41) is 0. The minimum atomic E-state index is -3.71. The molecule has 0 atom stereocenters. The molecule has 0 amide bonds. The van der Waals surface area contributed by atoms with E-state index in [2.05, 4.69) is 4.74 Å². The number of nitrogens with zero attached hydrogens (tertiary/aromatic N) is 2. The molecule has 9 heteroatoms. The predicted molar refractivity (Wildman–Crippen MR) is 87.2 cm³/mol. The van der Waals surface area contributed by atoms with Crippen LogP contribution in [0.25, 0.3) is 0 Å². The first-order valence-corrected chi connectivity index (χ1v) is 9.33. The highest BCUT2D eigenvalue weighted by atomic mass is 32.2. The van der Waals surface area contributed by atoms with Gasteiger partial charge < -0.3 is 9.47 Å². The number of sulfonamides is 1. The summed E-state index contributed by atoms with van der Waals surface area (Å²) >= 11 is 0. The van der Waals surface area contributed by atoms with Gasteiger partial charge in [0.1, 0.15) is 5.82 Å². The molecule has 0 saturated carbocycles. The normalized spacial score (nSPS) is 16.0. The second kappa shape index (κ2) is 7.91. The Kier molecular flexibility index (Phi) is 6.14. The minimum Gasteiger partial charge on any atom is -0.465 e. The van der Waals surface area contributed by atoms with Crippen molar-refractivity contribution < 1.29 is 27.1 Å². The SMILES string of the molecule is COC(=O)c1ccc(F)c(N(CCN2CCOCC2)S(C)(=O)=O)c1. The third kappa shape index (κ3) is 4.65. The molecule has 1 fully saturated rings. The Morgan fingerprint density at radius 3 is 2.62 bits per heavy atom. The van der Waals surface area contributed by atoms with Crippen molar-refractivity contribution in [3.8, 4) is 0 Å². The Labute approximate surface area is 141 Å². The summed E-state index contributed by atoms with van der Waals surface area (Å²) in [4.78, 5) is 13.7. The Morgan fingerprint density at radius 2 is 2.04 bits per heavy atom. The molecule has 1 heterocycles. The molecule has 0 N–H and O–H groups in total. The molecule has 1 aliphatic rings. The van der Waals surface area contributed by atoms with E-state index in [9.17, 15) is 17.6 Å². The van der Waals surface area contributed by atoms with Crippen molar-refractivity contribution in [3.05, 3.63) is 29.6 Å². The maximum absolute atomic E-state index is 14.2. The molecule has 0 unspecified atom stereocenters. The molecule has 1 aromatic carbocycles. The number of carbonyl (C=O) groups is 1. The van der Waals surface area contributed by atoms with Crippen molar-refractivity contribution in [2.24, 2.45) is 0 Å². The van der Waals surface area contributed by atoms with Crippen molar-refractivity contribution in [2.45, 2.75) is 0 Å². The number of anilines is 1. The average molecular weight is 360 g/mol. The van der Waals surface area contributed by atoms with E-state index in [4.69, 9.17) is 4.74 Å². The van der Waals surface area contributed by atoms with Crippen LogP contribution in [0.4, 0.5) is 10.1 Å². The Morgan fingerprint density at radius 1 is 1.38 bits per heavy atom. The standard InChI is InChI=1S/C15H21FN2O5S/c1-22-15(19)12-3-4-13(16)14(11-12)18(24(2,20)21)6-5-17-7-9-23-10-8-17/h3-4,11H,5-10H2,1-2H3. The van der Waals surface area contributed by atoms with Gasteiger partial charge in [0.25, 0.3) is 0 Å². The van der Waals surface area contributed by atoms with Crippen LogP contribution in [-0.4, -0.2) is 72.0 Å². The highest BCUT2D eigenvalue weighted by molar-refractivity contribution is 7.92. The topological polar surface area (TPSA) is 76.2 Å². The zero-order valence-electron chi connectivity index (χ0n) is 13.7. The van der Waals surface area contributed by atoms with Crippen LogP contribution in [0.15, 0.2) is 18.2 Å². The summed E-state index contributed by atoms with van der Waals surface area (Å²) in [6.07, 6.45) is 1.01. The molecule has 1 aromatic rings. The minimum absolute atomic E-state index is 0.0837. The highest BCUT2D eigenvalue weighted by Crippen LogP contribution is 2.24. The summed E-state index contributed by atoms with van der Waals surface area (Å²) in [5.74, 6) is -1.37. The van der Waals surface area contributed by atoms with Crippen LogP contribution in [0.3, 0.4) is 0 Å². The molecule has 2 rings (SSSR count). The molecule has 0 bridgehead atoms. The molecule has 1 saturated heterocycles. The fourth-order valence-electron chi connectivity index (χ4n) is 2.47. The summed E-state index contributed by atoms with van der Waals surface area (Å²) < 4.78 is 49.2. The largest absolute Gasteiger partial charge is 0.465 e. The lowest BCUT2D eigenvalue weighted by molar-refractivity contribution is 0.0395. The van der Waals surface area contributed by atoms with Gasteiger partial charge in [0.2, 0.25) is 10.0 Å². The Hall–Kier alpha value is -1.71. The summed E-state index contributed by atoms with van der Waals surface area (Å²) in [7, 11) is -2.50. The molecule has 0 spiro atoms. The number of ether oxygens (including phenoxy) is 2. The second-order valence-corrected chi connectivity index (χ2v) is 7.35. The van der Waals surface area contributed by atoms with Gasteiger partial charge in [-0.1, -0.05) is 0 Å². The van der Waals surface area contributed by atoms with Crippen LogP contribution in [0.2, 0.25) is 0 Å². The Bertz CT molecular complexity index is 689. The molecule has 0 radical (unpaired) electrons. The zero-order chi connectivity index (χ0) is 17.7. The molecule has 134 valence electrons. The van der Waals surface area contributed by atoms with Gasteiger partial charge in [0.15, 0.2) is 0 Å². The van der Waals surface area contributed by atoms with Crippen molar-refractivity contribution in [3.63, 3.8) is 0 Å². The van der Waals surface area contributed by atoms with Crippen LogP contribution >= 0.6 is 0 Å². The van der Waals surface area contributed by atoms with Crippen molar-refractivity contribution >= 4 is 21.7 Å². The van der Waals surface area contributed by atoms with Gasteiger partial charge in [-0.05, 0) is 18.2 Å². The maximum Gasteiger partial charge on any atom is 0.337 e. The van der Waals surface area contributed by atoms with Crippen LogP contribution in [0, 0.1) is 5.82 Å². The van der Waals surface area contributed by atoms with E-state index in [0.29, 0.717) is 32.8 Å². The van der Waals surface area contributed by atoms with Crippen LogP contribution < -0.4 is 4.31 Å². The highest BCUT2D eigenvalue weighted by Gasteiger charge is 2.23. The average Bonchev–Trinajstić information content (AvgIpc) is 2.55. The number of hydrogen-bond acceptors (Lipinski definition) is 6. The first kappa shape index (κ1) is 18.6. The van der Waals surface area contributed by atoms with Crippen LogP contribution in [0.1, 0.15) is 10.4 Å². The second-order valence-electron chi connectivity index (χ2n) is 5.45. The molecular formula is C15H21FN2O5S. The number of rotatable bonds is 6. The fraction of sp³-hybridized carbons (Fsp3) is 0.533. The van der Waals surface area contributed by atoms with E-state index in [1.807, 2.05) is 4.90 Å². The Balaban J connectivity index is 2.25. The molecule has 24 heavy (non-hydrogen) atoms. The van der Waals surface area contributed by atoms with E-state index in [0.717, 1.165) is 16.6 Å². The first-order valence-electron chi connectivity index (χ1n) is 7.48. The molecule has 7 nitrogen and oxygen atoms in total. The quantitative estimate of drug-likeness (QED) is 0.696. The van der Waals surface area contributed by atoms with Gasteiger partial charge in [-0.3, -0.25) is 9.21 Å². The number of hydrogen-bond donors (Lipinski definition) is 0. The molecule has 1 aliphatic heterocycles. The molecular weight excluding hydrogens is 339 g/mol. The van der Waals surface area contributed by atoms with Crippen molar-refractivity contribution in [2.75, 3.05) is 57.1 Å². The van der Waals surface area contributed by atoms with Crippen LogP contribution in [0.5, 0.6) is 0 Å². The summed E-state index contributed by atoms with van der Waals surface area (Å²) in [6.45, 7) is 3.10. The van der Waals surface area contributed by atoms with Gasteiger partial charge in [-0.15, -0.1) is 0 Å². The maximum atomic E-state index is 14.2. The van der Waals surface area contributed by atoms with Gasteiger partial charge in [-0.2, -0.15) is 0 Å². The van der Waals surface area contributed by atoms with Crippen molar-refractivity contribution in [1.82, 2.24) is 4.90 Å². The smallest absolute Gasteiger partial charge is 0.337 e. The van der Waals surface area contributed by atoms with E-state index in [1.165, 1.54) is 19.2 Å². The number of methoxy groups -OCH3 is 1. The van der Waals surface area contributed by atoms with Gasteiger partial charge >= 0.3 is 5.97 Å². The lowest BCUT2D eigenvalue weighted by atomic mass is 10.2. The van der Waals surface area contributed by atoms with E-state index in [-0.39, 0.29) is 17.8 Å². The number of benzene rings is 1. The monoisotopic (exact) mass is 360 g/mol. The number of morpholine rings is 1. The lowest BCUT2D eigenvalue weighted by Gasteiger charge is -2.30. The van der Waals surface area contributed by atoms with E-state index < -0.39 is 21.8 Å². The third-order valence-corrected chi connectivity index (χ3v) is 4.94. The van der Waals surface area contributed by atoms with E-state index in [1.54, 1.807) is 0 Å². The number of carbonyl (C=O) groups excluding carboxylic acids is 1. The predicted octanol–water partition coefficient (Wildman–Crippen LogP) is 0.711. The van der Waals surface area contributed by atoms with Gasteiger partial charge in [0, 0.05) is 26.2 Å². The number of esters is 1. The van der Waals surface area contributed by atoms with Gasteiger partial charge in [0.05, 0.1) is 37.8 Å². The fourth-order valence-corrected chi connectivity index (χ4v) is 3.38. The summed E-state index contributed by atoms with van der Waals surface area (Å²) in [5.41, 5.74) is -0.0671. The zero-order valence-corrected chi connectivity index (χ0v) is 14.5. The lowest BCUT2D eigenvalue weighted by Crippen LogP contribution is -2.43. The molecule has 0 aliphatic carbocycles. The summed E-state index contributed by atoms with van der Waals surface area (Å²) in [6, 6.07) is 3.52. The van der Waals surface area contributed by atoms with Crippen molar-refractivity contribution in [1.29, 1.82) is 0 Å².